The molecule has 32 heavy (non-hydrogen) atoms. The van der Waals surface area contributed by atoms with Crippen LogP contribution < -0.4 is 5.32 Å². The van der Waals surface area contributed by atoms with Gasteiger partial charge in [0.15, 0.2) is 0 Å². The van der Waals surface area contributed by atoms with Gasteiger partial charge in [-0.05, 0) is 61.9 Å². The zero-order chi connectivity index (χ0) is 21.9. The maximum absolute atomic E-state index is 12.9. The molecule has 6 nitrogen and oxygen atoms in total. The molecule has 2 aromatic heterocycles. The van der Waals surface area contributed by atoms with Crippen molar-refractivity contribution >= 4 is 16.8 Å². The average molecular weight is 433 g/mol. The van der Waals surface area contributed by atoms with Crippen LogP contribution in [0.25, 0.3) is 10.9 Å². The van der Waals surface area contributed by atoms with E-state index < -0.39 is 0 Å². The summed E-state index contributed by atoms with van der Waals surface area (Å²) in [6, 6.07) is 14.5. The number of ether oxygens (including phenoxy) is 1. The summed E-state index contributed by atoms with van der Waals surface area (Å²) in [6.07, 6.45) is 7.71. The van der Waals surface area contributed by atoms with Crippen LogP contribution in [0.5, 0.6) is 0 Å². The molecule has 6 heteroatoms. The second-order valence-corrected chi connectivity index (χ2v) is 9.16. The molecule has 0 aliphatic carbocycles. The zero-order valence-corrected chi connectivity index (χ0v) is 18.7. The first-order valence-corrected chi connectivity index (χ1v) is 11.8. The van der Waals surface area contributed by atoms with Crippen LogP contribution in [0.4, 0.5) is 0 Å². The van der Waals surface area contributed by atoms with E-state index >= 15 is 0 Å². The van der Waals surface area contributed by atoms with Gasteiger partial charge in [-0.15, -0.1) is 0 Å². The van der Waals surface area contributed by atoms with Crippen molar-refractivity contribution in [2.75, 3.05) is 19.7 Å². The molecule has 0 saturated carbocycles. The van der Waals surface area contributed by atoms with Crippen molar-refractivity contribution in [3.05, 3.63) is 66.1 Å². The summed E-state index contributed by atoms with van der Waals surface area (Å²) < 4.78 is 7.85. The van der Waals surface area contributed by atoms with Gasteiger partial charge in [0.25, 0.3) is 0 Å². The Labute approximate surface area is 189 Å². The lowest BCUT2D eigenvalue weighted by Crippen LogP contribution is -2.45. The first kappa shape index (κ1) is 21.2. The largest absolute Gasteiger partial charge is 0.368 e. The second-order valence-electron chi connectivity index (χ2n) is 9.16. The maximum atomic E-state index is 12.9. The van der Waals surface area contributed by atoms with E-state index in [9.17, 15) is 4.79 Å². The van der Waals surface area contributed by atoms with Crippen molar-refractivity contribution in [3.8, 4) is 0 Å². The smallest absolute Gasteiger partial charge is 0.249 e. The molecule has 0 unspecified atom stereocenters. The molecule has 0 bridgehead atoms. The summed E-state index contributed by atoms with van der Waals surface area (Å²) in [5, 5.41) is 4.63. The van der Waals surface area contributed by atoms with E-state index in [1.807, 2.05) is 24.4 Å². The zero-order valence-electron chi connectivity index (χ0n) is 18.7. The molecule has 2 fully saturated rings. The molecule has 0 radical (unpaired) electrons. The predicted molar refractivity (Wildman–Crippen MR) is 125 cm³/mol. The lowest BCUT2D eigenvalue weighted by Gasteiger charge is -2.37. The number of likely N-dealkylation sites (tertiary alicyclic amines) is 1. The third-order valence-electron chi connectivity index (χ3n) is 6.91. The van der Waals surface area contributed by atoms with Gasteiger partial charge in [-0.25, -0.2) is 0 Å². The highest BCUT2D eigenvalue weighted by Gasteiger charge is 2.33. The highest BCUT2D eigenvalue weighted by atomic mass is 16.5. The molecule has 1 amide bonds. The van der Waals surface area contributed by atoms with Gasteiger partial charge in [0, 0.05) is 50.0 Å². The van der Waals surface area contributed by atoms with Crippen LogP contribution in [0.3, 0.4) is 0 Å². The minimum Gasteiger partial charge on any atom is -0.368 e. The quantitative estimate of drug-likeness (QED) is 0.643. The third kappa shape index (κ3) is 4.43. The fourth-order valence-corrected chi connectivity index (χ4v) is 5.32. The molecule has 2 saturated heterocycles. The summed E-state index contributed by atoms with van der Waals surface area (Å²) in [5.41, 5.74) is 3.57. The Morgan fingerprint density at radius 2 is 2.06 bits per heavy atom. The van der Waals surface area contributed by atoms with Gasteiger partial charge in [-0.2, -0.15) is 0 Å². The van der Waals surface area contributed by atoms with E-state index in [0.717, 1.165) is 51.0 Å². The van der Waals surface area contributed by atoms with Gasteiger partial charge >= 0.3 is 0 Å². The van der Waals surface area contributed by atoms with Crippen molar-refractivity contribution in [1.29, 1.82) is 0 Å². The normalized spacial score (nSPS) is 22.8. The summed E-state index contributed by atoms with van der Waals surface area (Å²) in [5.74, 6) is 0.323. The molecule has 1 aromatic carbocycles. The summed E-state index contributed by atoms with van der Waals surface area (Å²) >= 11 is 0. The monoisotopic (exact) mass is 432 g/mol. The van der Waals surface area contributed by atoms with E-state index in [4.69, 9.17) is 4.74 Å². The van der Waals surface area contributed by atoms with Crippen LogP contribution in [0.1, 0.15) is 43.0 Å². The summed E-state index contributed by atoms with van der Waals surface area (Å²) in [4.78, 5) is 20.1. The molecule has 3 aromatic rings. The number of hydrogen-bond acceptors (Lipinski definition) is 4. The van der Waals surface area contributed by atoms with Crippen molar-refractivity contribution in [2.45, 2.75) is 44.4 Å². The Kier molecular flexibility index (Phi) is 6.23. The Morgan fingerprint density at radius 1 is 1.19 bits per heavy atom. The Hall–Kier alpha value is -2.70. The van der Waals surface area contributed by atoms with Crippen LogP contribution in [0.2, 0.25) is 0 Å². The number of nitrogens with zero attached hydrogens (tertiary/aromatic N) is 3. The predicted octanol–water partition coefficient (Wildman–Crippen LogP) is 3.82. The molecular weight excluding hydrogens is 400 g/mol. The number of rotatable bonds is 6. The molecule has 4 heterocycles. The second kappa shape index (κ2) is 9.43. The molecular formula is C26H32N4O2. The average Bonchev–Trinajstić information content (AvgIpc) is 3.47. The highest BCUT2D eigenvalue weighted by Crippen LogP contribution is 2.31. The number of para-hydroxylation sites is 1. The molecule has 0 spiro atoms. The number of carbonyl (C=O) groups excluding carboxylic acids is 1. The number of aryl methyl sites for hydroxylation is 1. The van der Waals surface area contributed by atoms with Crippen LogP contribution >= 0.6 is 0 Å². The Morgan fingerprint density at radius 3 is 2.88 bits per heavy atom. The number of fused-ring (bicyclic) bond motifs is 1. The van der Waals surface area contributed by atoms with Crippen molar-refractivity contribution in [3.63, 3.8) is 0 Å². The maximum Gasteiger partial charge on any atom is 0.249 e. The topological polar surface area (TPSA) is 59.4 Å². The fraction of sp³-hybridized carbons (Fsp3) is 0.462. The molecule has 1 N–H and O–H groups in total. The molecule has 2 aliphatic heterocycles. The molecule has 5 rings (SSSR count). The van der Waals surface area contributed by atoms with Gasteiger partial charge in [0.1, 0.15) is 6.10 Å². The minimum atomic E-state index is -0.323. The Bertz CT molecular complexity index is 1060. The number of benzene rings is 1. The lowest BCUT2D eigenvalue weighted by molar-refractivity contribution is -0.131. The fourth-order valence-electron chi connectivity index (χ4n) is 5.32. The van der Waals surface area contributed by atoms with E-state index in [-0.39, 0.29) is 18.1 Å². The van der Waals surface area contributed by atoms with Crippen LogP contribution in [-0.4, -0.2) is 46.2 Å². The van der Waals surface area contributed by atoms with E-state index in [2.05, 4.69) is 57.3 Å². The number of carbonyl (C=O) groups is 1. The third-order valence-corrected chi connectivity index (χ3v) is 6.91. The first-order valence-electron chi connectivity index (χ1n) is 11.8. The number of aromatic nitrogens is 2. The summed E-state index contributed by atoms with van der Waals surface area (Å²) in [7, 11) is 2.11. The van der Waals surface area contributed by atoms with Crippen molar-refractivity contribution in [1.82, 2.24) is 19.8 Å². The number of pyridine rings is 1. The van der Waals surface area contributed by atoms with Crippen molar-refractivity contribution < 1.29 is 9.53 Å². The summed E-state index contributed by atoms with van der Waals surface area (Å²) in [6.45, 7) is 3.62. The molecule has 2 aliphatic rings. The Balaban J connectivity index is 1.34. The van der Waals surface area contributed by atoms with Crippen molar-refractivity contribution in [2.24, 2.45) is 13.0 Å². The van der Waals surface area contributed by atoms with E-state index in [1.165, 1.54) is 16.5 Å². The van der Waals surface area contributed by atoms with E-state index in [1.54, 1.807) is 0 Å². The molecule has 168 valence electrons. The standard InChI is InChI=1S/C26H32N4O2/c1-29-16-20(21-9-2-3-11-23(21)29)18-30-14-6-8-19(17-30)25(22-10-4-5-13-27-22)28-26(31)24-12-7-15-32-24/h2-5,9-11,13,16,19,24-25H,6-8,12,14-15,17-18H2,1H3,(H,28,31)/t19-,24-,25+/m0/s1. The van der Waals surface area contributed by atoms with Crippen LogP contribution in [-0.2, 0) is 23.1 Å². The van der Waals surface area contributed by atoms with Gasteiger partial charge < -0.3 is 14.6 Å². The number of amides is 1. The van der Waals surface area contributed by atoms with E-state index in [0.29, 0.717) is 12.5 Å². The number of nitrogens with one attached hydrogen (secondary N) is 1. The van der Waals surface area contributed by atoms with Gasteiger partial charge in [0.05, 0.1) is 11.7 Å². The van der Waals surface area contributed by atoms with Gasteiger partial charge in [0.2, 0.25) is 5.91 Å². The van der Waals surface area contributed by atoms with Gasteiger partial charge in [-0.3, -0.25) is 14.7 Å². The van der Waals surface area contributed by atoms with Gasteiger partial charge in [-0.1, -0.05) is 24.3 Å². The number of piperidine rings is 1. The molecule has 3 atom stereocenters. The lowest BCUT2D eigenvalue weighted by atomic mass is 9.88. The number of hydrogen-bond donors (Lipinski definition) is 1. The van der Waals surface area contributed by atoms with Crippen LogP contribution in [0.15, 0.2) is 54.9 Å². The van der Waals surface area contributed by atoms with Crippen LogP contribution in [0, 0.1) is 5.92 Å². The minimum absolute atomic E-state index is 0.00401. The highest BCUT2D eigenvalue weighted by molar-refractivity contribution is 5.84. The SMILES string of the molecule is Cn1cc(CN2CCC[C@H]([C@@H](NC(=O)[C@@H]3CCCO3)c3ccccn3)C2)c2ccccc21. The first-order chi connectivity index (χ1) is 15.7.